The Morgan fingerprint density at radius 3 is 2.67 bits per heavy atom. The minimum atomic E-state index is 0.759. The molecule has 1 aromatic carbocycles. The molecule has 0 radical (unpaired) electrons. The minimum absolute atomic E-state index is 0.759. The predicted octanol–water partition coefficient (Wildman–Crippen LogP) is 3.05. The SMILES string of the molecule is COc1c(CCCCN)ccc(C)c1Br. The van der Waals surface area contributed by atoms with E-state index in [4.69, 9.17) is 10.5 Å². The van der Waals surface area contributed by atoms with Crippen molar-refractivity contribution in [1.82, 2.24) is 0 Å². The van der Waals surface area contributed by atoms with Crippen molar-refractivity contribution >= 4 is 15.9 Å². The van der Waals surface area contributed by atoms with Crippen LogP contribution in [0.5, 0.6) is 5.75 Å². The molecule has 0 amide bonds. The van der Waals surface area contributed by atoms with Crippen molar-refractivity contribution in [2.75, 3.05) is 13.7 Å². The van der Waals surface area contributed by atoms with Crippen molar-refractivity contribution < 1.29 is 4.74 Å². The summed E-state index contributed by atoms with van der Waals surface area (Å²) in [6, 6.07) is 4.25. The standard InChI is InChI=1S/C12H18BrNO/c1-9-6-7-10(5-3-4-8-14)12(15-2)11(9)13/h6-7H,3-5,8,14H2,1-2H3. The van der Waals surface area contributed by atoms with Crippen LogP contribution in [0.15, 0.2) is 16.6 Å². The molecular formula is C12H18BrNO. The van der Waals surface area contributed by atoms with E-state index in [1.165, 1.54) is 11.1 Å². The van der Waals surface area contributed by atoms with Crippen LogP contribution in [0.25, 0.3) is 0 Å². The van der Waals surface area contributed by atoms with E-state index in [0.29, 0.717) is 0 Å². The summed E-state index contributed by atoms with van der Waals surface area (Å²) in [7, 11) is 1.71. The van der Waals surface area contributed by atoms with E-state index in [1.807, 2.05) is 0 Å². The lowest BCUT2D eigenvalue weighted by molar-refractivity contribution is 0.406. The second-order valence-electron chi connectivity index (χ2n) is 3.63. The van der Waals surface area contributed by atoms with Gasteiger partial charge < -0.3 is 10.5 Å². The highest BCUT2D eigenvalue weighted by Gasteiger charge is 2.08. The number of rotatable bonds is 5. The molecule has 2 nitrogen and oxygen atoms in total. The lowest BCUT2D eigenvalue weighted by Gasteiger charge is -2.12. The summed E-state index contributed by atoms with van der Waals surface area (Å²) in [5.74, 6) is 0.965. The van der Waals surface area contributed by atoms with Crippen LogP contribution >= 0.6 is 15.9 Å². The van der Waals surface area contributed by atoms with Crippen LogP contribution in [0.4, 0.5) is 0 Å². The van der Waals surface area contributed by atoms with Crippen LogP contribution in [0.2, 0.25) is 0 Å². The van der Waals surface area contributed by atoms with Gasteiger partial charge in [-0.05, 0) is 59.8 Å². The Kier molecular flexibility index (Phi) is 5.12. The Balaban J connectivity index is 2.83. The lowest BCUT2D eigenvalue weighted by atomic mass is 10.1. The van der Waals surface area contributed by atoms with Gasteiger partial charge in [-0.25, -0.2) is 0 Å². The van der Waals surface area contributed by atoms with Gasteiger partial charge in [0.1, 0.15) is 5.75 Å². The first kappa shape index (κ1) is 12.5. The molecule has 0 aliphatic rings. The minimum Gasteiger partial charge on any atom is -0.495 e. The van der Waals surface area contributed by atoms with Gasteiger partial charge in [0.15, 0.2) is 0 Å². The maximum Gasteiger partial charge on any atom is 0.136 e. The molecule has 0 bridgehead atoms. The molecule has 1 rings (SSSR count). The molecule has 1 aromatic rings. The van der Waals surface area contributed by atoms with E-state index >= 15 is 0 Å². The van der Waals surface area contributed by atoms with Gasteiger partial charge >= 0.3 is 0 Å². The molecule has 0 saturated carbocycles. The highest BCUT2D eigenvalue weighted by Crippen LogP contribution is 2.32. The second-order valence-corrected chi connectivity index (χ2v) is 4.43. The molecule has 0 aliphatic carbocycles. The molecule has 0 heterocycles. The summed E-state index contributed by atoms with van der Waals surface area (Å²) >= 11 is 3.55. The van der Waals surface area contributed by atoms with E-state index in [-0.39, 0.29) is 0 Å². The number of aryl methyl sites for hydroxylation is 2. The van der Waals surface area contributed by atoms with Crippen LogP contribution in [-0.4, -0.2) is 13.7 Å². The Labute approximate surface area is 99.9 Å². The van der Waals surface area contributed by atoms with E-state index in [0.717, 1.165) is 36.0 Å². The zero-order valence-electron chi connectivity index (χ0n) is 9.35. The first-order chi connectivity index (χ1) is 7.20. The molecule has 3 heteroatoms. The number of methoxy groups -OCH3 is 1. The lowest BCUT2D eigenvalue weighted by Crippen LogP contribution is -2.00. The fraction of sp³-hybridized carbons (Fsp3) is 0.500. The summed E-state index contributed by atoms with van der Waals surface area (Å²) < 4.78 is 6.47. The first-order valence-electron chi connectivity index (χ1n) is 5.22. The van der Waals surface area contributed by atoms with Crippen LogP contribution in [-0.2, 0) is 6.42 Å². The van der Waals surface area contributed by atoms with E-state index in [9.17, 15) is 0 Å². The molecule has 84 valence electrons. The monoisotopic (exact) mass is 271 g/mol. The van der Waals surface area contributed by atoms with Gasteiger partial charge in [-0.3, -0.25) is 0 Å². The quantitative estimate of drug-likeness (QED) is 0.836. The molecule has 0 fully saturated rings. The number of ether oxygens (including phenoxy) is 1. The number of hydrogen-bond donors (Lipinski definition) is 1. The molecular weight excluding hydrogens is 254 g/mol. The zero-order valence-corrected chi connectivity index (χ0v) is 10.9. The summed E-state index contributed by atoms with van der Waals surface area (Å²) in [6.07, 6.45) is 3.20. The van der Waals surface area contributed by atoms with Gasteiger partial charge in [0.25, 0.3) is 0 Å². The number of benzene rings is 1. The van der Waals surface area contributed by atoms with Crippen molar-refractivity contribution in [1.29, 1.82) is 0 Å². The molecule has 0 aliphatic heterocycles. The third-order valence-electron chi connectivity index (χ3n) is 2.48. The summed E-state index contributed by atoms with van der Waals surface area (Å²) in [4.78, 5) is 0. The van der Waals surface area contributed by atoms with Crippen LogP contribution < -0.4 is 10.5 Å². The highest BCUT2D eigenvalue weighted by atomic mass is 79.9. The van der Waals surface area contributed by atoms with Gasteiger partial charge in [0, 0.05) is 0 Å². The number of hydrogen-bond acceptors (Lipinski definition) is 2. The van der Waals surface area contributed by atoms with Gasteiger partial charge in [0.2, 0.25) is 0 Å². The summed E-state index contributed by atoms with van der Waals surface area (Å²) in [5.41, 5.74) is 7.93. The fourth-order valence-corrected chi connectivity index (χ4v) is 2.12. The van der Waals surface area contributed by atoms with Crippen LogP contribution in [0.3, 0.4) is 0 Å². The molecule has 0 spiro atoms. The molecule has 2 N–H and O–H groups in total. The second kappa shape index (κ2) is 6.13. The van der Waals surface area contributed by atoms with Crippen molar-refractivity contribution in [2.45, 2.75) is 26.2 Å². The Hall–Kier alpha value is -0.540. The largest absolute Gasteiger partial charge is 0.495 e. The van der Waals surface area contributed by atoms with Crippen molar-refractivity contribution in [3.8, 4) is 5.75 Å². The molecule has 15 heavy (non-hydrogen) atoms. The number of unbranched alkanes of at least 4 members (excludes halogenated alkanes) is 1. The smallest absolute Gasteiger partial charge is 0.136 e. The summed E-state index contributed by atoms with van der Waals surface area (Å²) in [6.45, 7) is 2.83. The normalized spacial score (nSPS) is 10.4. The van der Waals surface area contributed by atoms with E-state index in [1.54, 1.807) is 7.11 Å². The zero-order chi connectivity index (χ0) is 11.3. The summed E-state index contributed by atoms with van der Waals surface area (Å²) in [5, 5.41) is 0. The number of halogens is 1. The number of nitrogens with two attached hydrogens (primary N) is 1. The van der Waals surface area contributed by atoms with Gasteiger partial charge in [-0.2, -0.15) is 0 Å². The van der Waals surface area contributed by atoms with Crippen LogP contribution in [0, 0.1) is 6.92 Å². The Morgan fingerprint density at radius 2 is 2.07 bits per heavy atom. The van der Waals surface area contributed by atoms with Crippen molar-refractivity contribution in [3.63, 3.8) is 0 Å². The van der Waals surface area contributed by atoms with E-state index in [2.05, 4.69) is 35.0 Å². The maximum absolute atomic E-state index is 5.48. The average Bonchev–Trinajstić information content (AvgIpc) is 2.24. The highest BCUT2D eigenvalue weighted by molar-refractivity contribution is 9.10. The third kappa shape index (κ3) is 3.21. The topological polar surface area (TPSA) is 35.2 Å². The van der Waals surface area contributed by atoms with Crippen LogP contribution in [0.1, 0.15) is 24.0 Å². The van der Waals surface area contributed by atoms with E-state index < -0.39 is 0 Å². The van der Waals surface area contributed by atoms with Gasteiger partial charge in [-0.15, -0.1) is 0 Å². The van der Waals surface area contributed by atoms with Gasteiger partial charge in [0.05, 0.1) is 11.6 Å². The van der Waals surface area contributed by atoms with Crippen molar-refractivity contribution in [2.24, 2.45) is 5.73 Å². The fourth-order valence-electron chi connectivity index (χ4n) is 1.57. The van der Waals surface area contributed by atoms with Gasteiger partial charge in [-0.1, -0.05) is 12.1 Å². The van der Waals surface area contributed by atoms with Crippen molar-refractivity contribution in [3.05, 3.63) is 27.7 Å². The molecule has 0 saturated heterocycles. The average molecular weight is 272 g/mol. The third-order valence-corrected chi connectivity index (χ3v) is 3.46. The molecule has 0 atom stereocenters. The first-order valence-corrected chi connectivity index (χ1v) is 6.02. The molecule has 0 unspecified atom stereocenters. The Bertz CT molecular complexity index is 326. The maximum atomic E-state index is 5.48. The molecule has 0 aromatic heterocycles. The predicted molar refractivity (Wildman–Crippen MR) is 67.4 cm³/mol. The Morgan fingerprint density at radius 1 is 1.33 bits per heavy atom.